The molecule has 1 atom stereocenters. The maximum atomic E-state index is 13.1. The highest BCUT2D eigenvalue weighted by Gasteiger charge is 2.35. The summed E-state index contributed by atoms with van der Waals surface area (Å²) in [4.78, 5) is 11.9. The summed E-state index contributed by atoms with van der Waals surface area (Å²) in [6, 6.07) is 3.51. The molecule has 1 fully saturated rings. The number of nitrogens with one attached hydrogen (secondary N) is 1. The molecule has 1 aliphatic rings. The van der Waals surface area contributed by atoms with Crippen molar-refractivity contribution in [2.24, 2.45) is 5.92 Å². The summed E-state index contributed by atoms with van der Waals surface area (Å²) >= 11 is 0. The van der Waals surface area contributed by atoms with Gasteiger partial charge in [-0.25, -0.2) is 0 Å². The van der Waals surface area contributed by atoms with E-state index in [0.717, 1.165) is 6.07 Å². The summed E-state index contributed by atoms with van der Waals surface area (Å²) in [5.41, 5.74) is -1.18. The van der Waals surface area contributed by atoms with Gasteiger partial charge in [-0.1, -0.05) is 0 Å². The van der Waals surface area contributed by atoms with E-state index in [1.807, 2.05) is 0 Å². The molecule has 1 N–H and O–H groups in total. The second kappa shape index (κ2) is 6.34. The Morgan fingerprint density at radius 3 is 2.81 bits per heavy atom. The number of hydrogen-bond donors (Lipinski definition) is 1. The van der Waals surface area contributed by atoms with E-state index in [-0.39, 0.29) is 24.7 Å². The Bertz CT molecular complexity index is 511. The second-order valence-corrected chi connectivity index (χ2v) is 4.69. The van der Waals surface area contributed by atoms with Gasteiger partial charge in [0.1, 0.15) is 5.75 Å². The van der Waals surface area contributed by atoms with E-state index in [4.69, 9.17) is 9.47 Å². The fraction of sp³-hybridized carbons (Fsp3) is 0.500. The molecule has 7 heteroatoms. The molecule has 0 spiro atoms. The lowest BCUT2D eigenvalue weighted by atomic mass is 10.1. The number of anilines is 1. The molecule has 1 aromatic rings. The first kappa shape index (κ1) is 15.6. The van der Waals surface area contributed by atoms with Crippen LogP contribution in [0.3, 0.4) is 0 Å². The topological polar surface area (TPSA) is 47.6 Å². The molecule has 1 heterocycles. The van der Waals surface area contributed by atoms with Crippen molar-refractivity contribution >= 4 is 11.6 Å². The van der Waals surface area contributed by atoms with Crippen LogP contribution in [0.15, 0.2) is 18.2 Å². The average molecular weight is 303 g/mol. The van der Waals surface area contributed by atoms with Gasteiger partial charge in [0.15, 0.2) is 0 Å². The van der Waals surface area contributed by atoms with Crippen molar-refractivity contribution in [2.45, 2.75) is 19.5 Å². The Kier molecular flexibility index (Phi) is 4.72. The van der Waals surface area contributed by atoms with Crippen molar-refractivity contribution in [1.29, 1.82) is 0 Å². The van der Waals surface area contributed by atoms with Gasteiger partial charge < -0.3 is 14.8 Å². The quantitative estimate of drug-likeness (QED) is 0.930. The number of hydrogen-bond acceptors (Lipinski definition) is 3. The minimum absolute atomic E-state index is 0.118. The third-order valence-corrected chi connectivity index (χ3v) is 3.17. The summed E-state index contributed by atoms with van der Waals surface area (Å²) in [5, 5.41) is 2.33. The van der Waals surface area contributed by atoms with E-state index in [2.05, 4.69) is 5.32 Å². The molecule has 1 unspecified atom stereocenters. The fourth-order valence-corrected chi connectivity index (χ4v) is 2.10. The minimum atomic E-state index is -4.57. The standard InChI is InChI=1S/C14H16F3NO3/c1-2-21-10-3-4-12(11(7-10)14(15,16)17)18-13(19)9-5-6-20-8-9/h3-4,7,9H,2,5-6,8H2,1H3,(H,18,19). The monoisotopic (exact) mass is 303 g/mol. The largest absolute Gasteiger partial charge is 0.494 e. The van der Waals surface area contributed by atoms with Gasteiger partial charge in [-0.15, -0.1) is 0 Å². The van der Waals surface area contributed by atoms with Crippen LogP contribution in [-0.2, 0) is 15.7 Å². The number of amides is 1. The Hall–Kier alpha value is -1.76. The SMILES string of the molecule is CCOc1ccc(NC(=O)C2CCOC2)c(C(F)(F)F)c1. The summed E-state index contributed by atoms with van der Waals surface area (Å²) in [7, 11) is 0. The van der Waals surface area contributed by atoms with E-state index >= 15 is 0 Å². The Balaban J connectivity index is 2.23. The van der Waals surface area contributed by atoms with Crippen LogP contribution in [-0.4, -0.2) is 25.7 Å². The van der Waals surface area contributed by atoms with Crippen molar-refractivity contribution in [3.05, 3.63) is 23.8 Å². The average Bonchev–Trinajstić information content (AvgIpc) is 2.93. The lowest BCUT2D eigenvalue weighted by Gasteiger charge is -2.16. The number of benzene rings is 1. The zero-order chi connectivity index (χ0) is 15.5. The van der Waals surface area contributed by atoms with Crippen LogP contribution in [0.2, 0.25) is 0 Å². The molecule has 116 valence electrons. The second-order valence-electron chi connectivity index (χ2n) is 4.69. The van der Waals surface area contributed by atoms with E-state index < -0.39 is 23.6 Å². The molecule has 1 aromatic carbocycles. The Morgan fingerprint density at radius 1 is 1.48 bits per heavy atom. The normalized spacial score (nSPS) is 18.6. The fourth-order valence-electron chi connectivity index (χ4n) is 2.10. The molecule has 1 aliphatic heterocycles. The number of carbonyl (C=O) groups excluding carboxylic acids is 1. The van der Waals surface area contributed by atoms with Crippen molar-refractivity contribution in [1.82, 2.24) is 0 Å². The third kappa shape index (κ3) is 3.87. The lowest BCUT2D eigenvalue weighted by Crippen LogP contribution is -2.24. The summed E-state index contributed by atoms with van der Waals surface area (Å²) in [6.07, 6.45) is -4.05. The molecular weight excluding hydrogens is 287 g/mol. The van der Waals surface area contributed by atoms with Crippen LogP contribution >= 0.6 is 0 Å². The van der Waals surface area contributed by atoms with Crippen LogP contribution < -0.4 is 10.1 Å². The lowest BCUT2D eigenvalue weighted by molar-refractivity contribution is -0.137. The predicted octanol–water partition coefficient (Wildman–Crippen LogP) is 3.08. The third-order valence-electron chi connectivity index (χ3n) is 3.17. The molecule has 0 aliphatic carbocycles. The predicted molar refractivity (Wildman–Crippen MR) is 70.2 cm³/mol. The van der Waals surface area contributed by atoms with Crippen LogP contribution in [0.1, 0.15) is 18.9 Å². The molecular formula is C14H16F3NO3. The van der Waals surface area contributed by atoms with Crippen molar-refractivity contribution in [2.75, 3.05) is 25.1 Å². The number of alkyl halides is 3. The molecule has 0 saturated carbocycles. The first-order chi connectivity index (χ1) is 9.91. The maximum Gasteiger partial charge on any atom is 0.418 e. The first-order valence-corrected chi connectivity index (χ1v) is 6.64. The molecule has 0 bridgehead atoms. The van der Waals surface area contributed by atoms with Gasteiger partial charge in [0.05, 0.1) is 30.4 Å². The van der Waals surface area contributed by atoms with Crippen LogP contribution in [0.4, 0.5) is 18.9 Å². The highest BCUT2D eigenvalue weighted by molar-refractivity contribution is 5.93. The summed E-state index contributed by atoms with van der Waals surface area (Å²) in [5.74, 6) is -0.744. The van der Waals surface area contributed by atoms with Crippen LogP contribution in [0, 0.1) is 5.92 Å². The molecule has 4 nitrogen and oxygen atoms in total. The molecule has 1 saturated heterocycles. The minimum Gasteiger partial charge on any atom is -0.494 e. The maximum absolute atomic E-state index is 13.1. The highest BCUT2D eigenvalue weighted by Crippen LogP contribution is 2.37. The van der Waals surface area contributed by atoms with E-state index in [1.54, 1.807) is 6.92 Å². The summed E-state index contributed by atoms with van der Waals surface area (Å²) in [6.45, 7) is 2.64. The molecule has 0 aromatic heterocycles. The van der Waals surface area contributed by atoms with Gasteiger partial charge >= 0.3 is 6.18 Å². The molecule has 2 rings (SSSR count). The van der Waals surface area contributed by atoms with Crippen molar-refractivity contribution < 1.29 is 27.4 Å². The van der Waals surface area contributed by atoms with E-state index in [9.17, 15) is 18.0 Å². The van der Waals surface area contributed by atoms with Gasteiger partial charge in [-0.05, 0) is 31.5 Å². The smallest absolute Gasteiger partial charge is 0.418 e. The zero-order valence-corrected chi connectivity index (χ0v) is 11.5. The van der Waals surface area contributed by atoms with Gasteiger partial charge in [0, 0.05) is 6.61 Å². The van der Waals surface area contributed by atoms with E-state index in [1.165, 1.54) is 12.1 Å². The van der Waals surface area contributed by atoms with E-state index in [0.29, 0.717) is 13.0 Å². The molecule has 21 heavy (non-hydrogen) atoms. The number of rotatable bonds is 4. The van der Waals surface area contributed by atoms with Crippen LogP contribution in [0.25, 0.3) is 0 Å². The molecule has 1 amide bonds. The zero-order valence-electron chi connectivity index (χ0n) is 11.5. The van der Waals surface area contributed by atoms with Gasteiger partial charge in [0.25, 0.3) is 0 Å². The highest BCUT2D eigenvalue weighted by atomic mass is 19.4. The first-order valence-electron chi connectivity index (χ1n) is 6.64. The molecule has 0 radical (unpaired) electrons. The number of ether oxygens (including phenoxy) is 2. The number of halogens is 3. The van der Waals surface area contributed by atoms with Crippen molar-refractivity contribution in [3.8, 4) is 5.75 Å². The Labute approximate surface area is 120 Å². The van der Waals surface area contributed by atoms with Crippen molar-refractivity contribution in [3.63, 3.8) is 0 Å². The summed E-state index contributed by atoms with van der Waals surface area (Å²) < 4.78 is 49.3. The van der Waals surface area contributed by atoms with Gasteiger partial charge in [-0.2, -0.15) is 13.2 Å². The van der Waals surface area contributed by atoms with Gasteiger partial charge in [0.2, 0.25) is 5.91 Å². The van der Waals surface area contributed by atoms with Gasteiger partial charge in [-0.3, -0.25) is 4.79 Å². The van der Waals surface area contributed by atoms with Crippen LogP contribution in [0.5, 0.6) is 5.75 Å². The Morgan fingerprint density at radius 2 is 2.24 bits per heavy atom. The number of carbonyl (C=O) groups is 1.